The fraction of sp³-hybridized carbons (Fsp3) is 0.0909. The van der Waals surface area contributed by atoms with Crippen LogP contribution in [0.4, 0.5) is 5.95 Å². The third-order valence-corrected chi connectivity index (χ3v) is 4.85. The van der Waals surface area contributed by atoms with E-state index in [-0.39, 0.29) is 6.04 Å². The Labute approximate surface area is 161 Å². The molecule has 136 valence electrons. The normalized spacial score (nSPS) is 12.3. The van der Waals surface area contributed by atoms with Crippen molar-refractivity contribution in [3.8, 4) is 11.3 Å². The van der Waals surface area contributed by atoms with Crippen molar-refractivity contribution < 1.29 is 0 Å². The van der Waals surface area contributed by atoms with Crippen LogP contribution in [-0.4, -0.2) is 24.9 Å². The van der Waals surface area contributed by atoms with Gasteiger partial charge in [-0.15, -0.1) is 0 Å². The van der Waals surface area contributed by atoms with Crippen LogP contribution in [0.5, 0.6) is 0 Å². The third-order valence-electron chi connectivity index (χ3n) is 4.85. The molecular formula is C22H18N6. The van der Waals surface area contributed by atoms with Gasteiger partial charge in [0.15, 0.2) is 0 Å². The average molecular weight is 366 g/mol. The number of rotatable bonds is 4. The maximum Gasteiger partial charge on any atom is 0.223 e. The number of aromatic amines is 1. The molecule has 6 nitrogen and oxygen atoms in total. The number of hydrogen-bond acceptors (Lipinski definition) is 5. The molecule has 0 amide bonds. The second kappa shape index (κ2) is 6.74. The summed E-state index contributed by atoms with van der Waals surface area (Å²) in [5, 5.41) is 5.34. The van der Waals surface area contributed by atoms with Gasteiger partial charge in [-0.3, -0.25) is 0 Å². The second-order valence-corrected chi connectivity index (χ2v) is 6.71. The van der Waals surface area contributed by atoms with E-state index >= 15 is 0 Å². The molecule has 0 bridgehead atoms. The molecule has 1 atom stereocenters. The van der Waals surface area contributed by atoms with Gasteiger partial charge in [-0.2, -0.15) is 0 Å². The lowest BCUT2D eigenvalue weighted by molar-refractivity contribution is 0.864. The van der Waals surface area contributed by atoms with E-state index in [1.165, 1.54) is 5.56 Å². The maximum absolute atomic E-state index is 4.67. The van der Waals surface area contributed by atoms with Gasteiger partial charge in [-0.1, -0.05) is 36.4 Å². The number of anilines is 1. The molecule has 0 unspecified atom stereocenters. The van der Waals surface area contributed by atoms with Crippen LogP contribution < -0.4 is 5.32 Å². The largest absolute Gasteiger partial charge is 0.348 e. The number of benzene rings is 2. The summed E-state index contributed by atoms with van der Waals surface area (Å²) in [4.78, 5) is 21.0. The lowest BCUT2D eigenvalue weighted by Crippen LogP contribution is -2.09. The van der Waals surface area contributed by atoms with Gasteiger partial charge in [0.25, 0.3) is 0 Å². The number of fused-ring (bicyclic) bond motifs is 2. The van der Waals surface area contributed by atoms with Crippen LogP contribution in [0.3, 0.4) is 0 Å². The van der Waals surface area contributed by atoms with E-state index in [0.29, 0.717) is 5.95 Å². The van der Waals surface area contributed by atoms with Crippen molar-refractivity contribution in [2.45, 2.75) is 13.0 Å². The van der Waals surface area contributed by atoms with Gasteiger partial charge < -0.3 is 10.3 Å². The van der Waals surface area contributed by atoms with Gasteiger partial charge in [-0.25, -0.2) is 19.9 Å². The number of H-pyrrole nitrogens is 1. The molecule has 3 aromatic heterocycles. The minimum absolute atomic E-state index is 0.126. The zero-order valence-electron chi connectivity index (χ0n) is 15.3. The van der Waals surface area contributed by atoms with E-state index in [4.69, 9.17) is 0 Å². The summed E-state index contributed by atoms with van der Waals surface area (Å²) in [6, 6.07) is 18.5. The highest BCUT2D eigenvalue weighted by Crippen LogP contribution is 2.27. The zero-order chi connectivity index (χ0) is 18.9. The SMILES string of the molecule is C[C@@H](Nc1ncc2cc(-c3ncnc4[nH]ccc34)ccc2n1)c1ccccc1. The van der Waals surface area contributed by atoms with Crippen molar-refractivity contribution >= 4 is 27.9 Å². The molecular weight excluding hydrogens is 348 g/mol. The monoisotopic (exact) mass is 366 g/mol. The average Bonchev–Trinajstić information content (AvgIpc) is 3.23. The molecule has 0 saturated carbocycles. The summed E-state index contributed by atoms with van der Waals surface area (Å²) in [5.74, 6) is 0.617. The molecule has 5 aromatic rings. The zero-order valence-corrected chi connectivity index (χ0v) is 15.3. The minimum atomic E-state index is 0.126. The summed E-state index contributed by atoms with van der Waals surface area (Å²) in [7, 11) is 0. The standard InChI is InChI=1S/C22H18N6/c1-14(15-5-3-2-4-6-15)27-22-24-12-17-11-16(7-8-19(17)28-22)20-18-9-10-23-21(18)26-13-25-20/h2-14H,1H3,(H,23,25,26)(H,24,27,28)/t14-/m1/s1. The summed E-state index contributed by atoms with van der Waals surface area (Å²) >= 11 is 0. The fourth-order valence-electron chi connectivity index (χ4n) is 3.37. The minimum Gasteiger partial charge on any atom is -0.348 e. The first-order chi connectivity index (χ1) is 13.8. The van der Waals surface area contributed by atoms with Crippen molar-refractivity contribution in [3.05, 3.63) is 78.9 Å². The molecule has 0 fully saturated rings. The molecule has 0 spiro atoms. The number of nitrogens with one attached hydrogen (secondary N) is 2. The number of nitrogens with zero attached hydrogens (tertiary/aromatic N) is 4. The topological polar surface area (TPSA) is 79.4 Å². The lowest BCUT2D eigenvalue weighted by atomic mass is 10.1. The first-order valence-electron chi connectivity index (χ1n) is 9.15. The lowest BCUT2D eigenvalue weighted by Gasteiger charge is -2.14. The van der Waals surface area contributed by atoms with E-state index in [1.54, 1.807) is 6.33 Å². The van der Waals surface area contributed by atoms with Crippen LogP contribution in [0.2, 0.25) is 0 Å². The van der Waals surface area contributed by atoms with Gasteiger partial charge in [0.2, 0.25) is 5.95 Å². The van der Waals surface area contributed by atoms with Crippen LogP contribution in [0.25, 0.3) is 33.2 Å². The van der Waals surface area contributed by atoms with E-state index in [0.717, 1.165) is 33.2 Å². The highest BCUT2D eigenvalue weighted by molar-refractivity contribution is 5.93. The summed E-state index contributed by atoms with van der Waals surface area (Å²) < 4.78 is 0. The maximum atomic E-state index is 4.67. The van der Waals surface area contributed by atoms with Gasteiger partial charge in [0.05, 0.1) is 17.3 Å². The van der Waals surface area contributed by atoms with Crippen molar-refractivity contribution in [1.29, 1.82) is 0 Å². The predicted molar refractivity (Wildman–Crippen MR) is 111 cm³/mol. The molecule has 0 aliphatic rings. The van der Waals surface area contributed by atoms with E-state index in [1.807, 2.05) is 48.8 Å². The third kappa shape index (κ3) is 2.95. The molecule has 0 aliphatic heterocycles. The molecule has 0 aliphatic carbocycles. The Morgan fingerprint density at radius 1 is 0.964 bits per heavy atom. The Bertz CT molecular complexity index is 1260. The Morgan fingerprint density at radius 3 is 2.75 bits per heavy atom. The van der Waals surface area contributed by atoms with Crippen LogP contribution in [-0.2, 0) is 0 Å². The van der Waals surface area contributed by atoms with Gasteiger partial charge in [0.1, 0.15) is 12.0 Å². The summed E-state index contributed by atoms with van der Waals surface area (Å²) in [6.07, 6.45) is 5.30. The molecule has 3 heterocycles. The smallest absolute Gasteiger partial charge is 0.223 e. The quantitative estimate of drug-likeness (QED) is 0.480. The molecule has 28 heavy (non-hydrogen) atoms. The van der Waals surface area contributed by atoms with E-state index < -0.39 is 0 Å². The van der Waals surface area contributed by atoms with Crippen molar-refractivity contribution in [1.82, 2.24) is 24.9 Å². The van der Waals surface area contributed by atoms with Crippen LogP contribution in [0.1, 0.15) is 18.5 Å². The molecule has 2 aromatic carbocycles. The highest BCUT2D eigenvalue weighted by Gasteiger charge is 2.10. The van der Waals surface area contributed by atoms with E-state index in [9.17, 15) is 0 Å². The Hall–Kier alpha value is -3.80. The Balaban J connectivity index is 1.47. The Kier molecular flexibility index (Phi) is 3.94. The summed E-state index contributed by atoms with van der Waals surface area (Å²) in [6.45, 7) is 2.10. The highest BCUT2D eigenvalue weighted by atomic mass is 15.1. The number of aromatic nitrogens is 5. The van der Waals surface area contributed by atoms with Crippen molar-refractivity contribution in [3.63, 3.8) is 0 Å². The van der Waals surface area contributed by atoms with Crippen molar-refractivity contribution in [2.24, 2.45) is 0 Å². The predicted octanol–water partition coefficient (Wildman–Crippen LogP) is 4.74. The van der Waals surface area contributed by atoms with Gasteiger partial charge >= 0.3 is 0 Å². The molecule has 0 radical (unpaired) electrons. The molecule has 5 rings (SSSR count). The van der Waals surface area contributed by atoms with E-state index in [2.05, 4.69) is 55.4 Å². The van der Waals surface area contributed by atoms with Gasteiger partial charge in [0, 0.05) is 28.7 Å². The first-order valence-corrected chi connectivity index (χ1v) is 9.15. The second-order valence-electron chi connectivity index (χ2n) is 6.71. The van der Waals surface area contributed by atoms with Gasteiger partial charge in [-0.05, 0) is 30.7 Å². The Morgan fingerprint density at radius 2 is 1.86 bits per heavy atom. The summed E-state index contributed by atoms with van der Waals surface area (Å²) in [5.41, 5.74) is 4.83. The van der Waals surface area contributed by atoms with Crippen LogP contribution in [0, 0.1) is 0 Å². The van der Waals surface area contributed by atoms with Crippen LogP contribution in [0.15, 0.2) is 73.3 Å². The molecule has 2 N–H and O–H groups in total. The molecule has 6 heteroatoms. The fourth-order valence-corrected chi connectivity index (χ4v) is 3.37. The number of hydrogen-bond donors (Lipinski definition) is 2. The molecule has 0 saturated heterocycles. The first kappa shape index (κ1) is 16.4. The van der Waals surface area contributed by atoms with Crippen molar-refractivity contribution in [2.75, 3.05) is 5.32 Å². The van der Waals surface area contributed by atoms with Crippen LogP contribution >= 0.6 is 0 Å².